The summed E-state index contributed by atoms with van der Waals surface area (Å²) in [5, 5.41) is 9.45. The van der Waals surface area contributed by atoms with Crippen molar-refractivity contribution >= 4 is 12.2 Å². The Bertz CT molecular complexity index is 149. The van der Waals surface area contributed by atoms with E-state index in [4.69, 9.17) is 17.0 Å². The van der Waals surface area contributed by atoms with E-state index >= 15 is 0 Å². The quantitative estimate of drug-likeness (QED) is 0.0818. The Balaban J connectivity index is 3.29. The van der Waals surface area contributed by atoms with Crippen LogP contribution < -0.4 is 22.3 Å². The van der Waals surface area contributed by atoms with E-state index in [2.05, 4.69) is 10.7 Å². The second kappa shape index (κ2) is 6.56. The Hall–Kier alpha value is -1.14. The van der Waals surface area contributed by atoms with Crippen LogP contribution in [-0.2, 0) is 4.79 Å². The van der Waals surface area contributed by atoms with Crippen LogP contribution >= 0.6 is 0 Å². The second-order valence-corrected chi connectivity index (χ2v) is 2.39. The Morgan fingerprint density at radius 3 is 2.75 bits per heavy atom. The van der Waals surface area contributed by atoms with Gasteiger partial charge in [0.2, 0.25) is 0 Å². The van der Waals surface area contributed by atoms with Crippen molar-refractivity contribution in [2.75, 3.05) is 6.54 Å². The molecule has 0 aromatic heterocycles. The highest BCUT2D eigenvalue weighted by molar-refractivity contribution is 5.74. The van der Waals surface area contributed by atoms with Gasteiger partial charge in [-0.3, -0.25) is 16.7 Å². The average Bonchev–Trinajstić information content (AvgIpc) is 2.04. The van der Waals surface area contributed by atoms with Gasteiger partial charge in [0.1, 0.15) is 6.29 Å². The van der Waals surface area contributed by atoms with Crippen molar-refractivity contribution in [3.05, 3.63) is 0 Å². The molecule has 12 heavy (non-hydrogen) atoms. The molecule has 0 spiro atoms. The number of nitrogens with one attached hydrogen (secondary N) is 3. The van der Waals surface area contributed by atoms with Gasteiger partial charge in [-0.1, -0.05) is 0 Å². The summed E-state index contributed by atoms with van der Waals surface area (Å²) in [6.45, 7) is 0.585. The van der Waals surface area contributed by atoms with Crippen LogP contribution in [0, 0.1) is 5.41 Å². The van der Waals surface area contributed by atoms with Crippen LogP contribution in [-0.4, -0.2) is 24.8 Å². The Morgan fingerprint density at radius 1 is 1.67 bits per heavy atom. The maximum Gasteiger partial charge on any atom is 0.185 e. The lowest BCUT2D eigenvalue weighted by molar-refractivity contribution is -0.109. The smallest absolute Gasteiger partial charge is 0.185 e. The van der Waals surface area contributed by atoms with Crippen molar-refractivity contribution in [1.29, 1.82) is 5.41 Å². The molecule has 7 N–H and O–H groups in total. The molecule has 0 heterocycles. The van der Waals surface area contributed by atoms with Gasteiger partial charge in [0.15, 0.2) is 5.96 Å². The molecule has 0 saturated heterocycles. The second-order valence-electron chi connectivity index (χ2n) is 2.39. The van der Waals surface area contributed by atoms with Gasteiger partial charge in [0.25, 0.3) is 0 Å². The maximum atomic E-state index is 10.2. The molecule has 0 unspecified atom stereocenters. The third-order valence-corrected chi connectivity index (χ3v) is 1.39. The molecular weight excluding hydrogens is 158 g/mol. The van der Waals surface area contributed by atoms with Crippen LogP contribution in [0.3, 0.4) is 0 Å². The minimum absolute atomic E-state index is 0.0571. The third-order valence-electron chi connectivity index (χ3n) is 1.39. The van der Waals surface area contributed by atoms with Crippen molar-refractivity contribution in [2.45, 2.75) is 18.9 Å². The zero-order valence-corrected chi connectivity index (χ0v) is 6.84. The van der Waals surface area contributed by atoms with Crippen LogP contribution in [0.4, 0.5) is 0 Å². The van der Waals surface area contributed by atoms with E-state index < -0.39 is 0 Å². The molecular formula is C6H15N5O. The van der Waals surface area contributed by atoms with Crippen LogP contribution in [0.25, 0.3) is 0 Å². The van der Waals surface area contributed by atoms with Crippen LogP contribution in [0.2, 0.25) is 0 Å². The minimum atomic E-state index is -0.307. The molecule has 6 nitrogen and oxygen atoms in total. The first-order valence-electron chi connectivity index (χ1n) is 3.70. The van der Waals surface area contributed by atoms with Gasteiger partial charge in [-0.15, -0.1) is 0 Å². The molecule has 0 aliphatic heterocycles. The number of hydrogen-bond acceptors (Lipinski definition) is 4. The summed E-state index contributed by atoms with van der Waals surface area (Å²) in [5.41, 5.74) is 7.40. The number of rotatable bonds is 6. The van der Waals surface area contributed by atoms with Crippen molar-refractivity contribution < 1.29 is 4.79 Å². The number of hydrogen-bond donors (Lipinski definition) is 5. The molecule has 6 heteroatoms. The predicted molar refractivity (Wildman–Crippen MR) is 46.3 cm³/mol. The molecule has 0 rings (SSSR count). The first kappa shape index (κ1) is 10.9. The van der Waals surface area contributed by atoms with E-state index in [0.717, 1.165) is 12.7 Å². The normalized spacial score (nSPS) is 12.1. The summed E-state index contributed by atoms with van der Waals surface area (Å²) < 4.78 is 0. The van der Waals surface area contributed by atoms with Gasteiger partial charge in [-0.25, -0.2) is 0 Å². The first-order chi connectivity index (χ1) is 5.70. The molecule has 0 fully saturated rings. The number of nitrogens with two attached hydrogens (primary N) is 2. The molecule has 0 saturated carbocycles. The van der Waals surface area contributed by atoms with Gasteiger partial charge in [-0.2, -0.15) is 0 Å². The topological polar surface area (TPSA) is 117 Å². The zero-order chi connectivity index (χ0) is 9.40. The van der Waals surface area contributed by atoms with E-state index in [1.54, 1.807) is 0 Å². The van der Waals surface area contributed by atoms with Crippen LogP contribution in [0.5, 0.6) is 0 Å². The van der Waals surface area contributed by atoms with Crippen molar-refractivity contribution in [1.82, 2.24) is 10.7 Å². The van der Waals surface area contributed by atoms with Gasteiger partial charge < -0.3 is 15.8 Å². The number of aldehydes is 1. The minimum Gasteiger partial charge on any atom is -0.370 e. The fourth-order valence-electron chi connectivity index (χ4n) is 0.736. The van der Waals surface area contributed by atoms with Crippen LogP contribution in [0.1, 0.15) is 12.8 Å². The lowest BCUT2D eigenvalue weighted by Crippen LogP contribution is -2.37. The highest BCUT2D eigenvalue weighted by Gasteiger charge is 2.02. The largest absolute Gasteiger partial charge is 0.370 e. The number of hydrazine groups is 1. The summed E-state index contributed by atoms with van der Waals surface area (Å²) in [5.74, 6) is 5.00. The number of carbonyl (C=O) groups is 1. The molecule has 70 valence electrons. The highest BCUT2D eigenvalue weighted by Crippen LogP contribution is 1.91. The van der Waals surface area contributed by atoms with Gasteiger partial charge in [-0.05, 0) is 12.8 Å². The Kier molecular flexibility index (Phi) is 5.94. The van der Waals surface area contributed by atoms with Crippen LogP contribution in [0.15, 0.2) is 0 Å². The summed E-state index contributed by atoms with van der Waals surface area (Å²) in [4.78, 5) is 10.2. The van der Waals surface area contributed by atoms with Crippen molar-refractivity contribution in [3.63, 3.8) is 0 Å². The lowest BCUT2D eigenvalue weighted by atomic mass is 10.2. The Morgan fingerprint density at radius 2 is 2.33 bits per heavy atom. The average molecular weight is 173 g/mol. The Labute approximate surface area is 71.2 Å². The van der Waals surface area contributed by atoms with Gasteiger partial charge in [0.05, 0.1) is 6.04 Å². The summed E-state index contributed by atoms with van der Waals surface area (Å²) in [6.07, 6.45) is 2.14. The number of guanidine groups is 1. The molecule has 1 atom stereocenters. The maximum absolute atomic E-state index is 10.2. The molecule has 0 bridgehead atoms. The van der Waals surface area contributed by atoms with Crippen molar-refractivity contribution in [2.24, 2.45) is 11.6 Å². The standard InChI is InChI=1S/C6H15N5O/c7-6(8)10-3-1-2-5(4-12)11-9/h4-5,11H,1-3,9H2,(H4,7,8,10)/t5-/m0/s1. The first-order valence-corrected chi connectivity index (χ1v) is 3.70. The van der Waals surface area contributed by atoms with Gasteiger partial charge in [0, 0.05) is 6.54 Å². The summed E-state index contributed by atoms with van der Waals surface area (Å²) in [6, 6.07) is -0.307. The molecule has 0 amide bonds. The number of carbonyl (C=O) groups excluding carboxylic acids is 1. The fourth-order valence-corrected chi connectivity index (χ4v) is 0.736. The van der Waals surface area contributed by atoms with E-state index in [0.29, 0.717) is 13.0 Å². The highest BCUT2D eigenvalue weighted by atomic mass is 16.1. The molecule has 0 aliphatic rings. The zero-order valence-electron chi connectivity index (χ0n) is 6.84. The van der Waals surface area contributed by atoms with E-state index in [-0.39, 0.29) is 12.0 Å². The third kappa shape index (κ3) is 5.63. The fraction of sp³-hybridized carbons (Fsp3) is 0.667. The molecule has 0 aromatic carbocycles. The van der Waals surface area contributed by atoms with Gasteiger partial charge >= 0.3 is 0 Å². The van der Waals surface area contributed by atoms with E-state index in [1.807, 2.05) is 0 Å². The molecule has 0 aliphatic carbocycles. The van der Waals surface area contributed by atoms with E-state index in [1.165, 1.54) is 0 Å². The SMILES string of the molecule is N=C(N)NCCC[C@@H](C=O)NN. The monoisotopic (exact) mass is 173 g/mol. The molecule has 0 radical (unpaired) electrons. The predicted octanol–water partition coefficient (Wildman–Crippen LogP) is -1.72. The van der Waals surface area contributed by atoms with E-state index in [9.17, 15) is 4.79 Å². The lowest BCUT2D eigenvalue weighted by Gasteiger charge is -2.08. The van der Waals surface area contributed by atoms with Crippen molar-refractivity contribution in [3.8, 4) is 0 Å². The molecule has 0 aromatic rings. The summed E-state index contributed by atoms with van der Waals surface area (Å²) in [7, 11) is 0. The summed E-state index contributed by atoms with van der Waals surface area (Å²) >= 11 is 0.